The molecule has 142 valence electrons. The van der Waals surface area contributed by atoms with Gasteiger partial charge >= 0.3 is 0 Å². The topological polar surface area (TPSA) is 42.3 Å². The molecule has 5 heteroatoms. The van der Waals surface area contributed by atoms with Gasteiger partial charge in [-0.1, -0.05) is 18.2 Å². The van der Waals surface area contributed by atoms with Crippen LogP contribution >= 0.6 is 0 Å². The maximum Gasteiger partial charge on any atom is 0.139 e. The minimum atomic E-state index is 0.812. The van der Waals surface area contributed by atoms with Crippen LogP contribution in [0.5, 0.6) is 5.75 Å². The molecule has 2 heterocycles. The van der Waals surface area contributed by atoms with Crippen molar-refractivity contribution in [1.82, 2.24) is 9.55 Å². The number of anilines is 3. The summed E-state index contributed by atoms with van der Waals surface area (Å²) in [7, 11) is 7.86. The second-order valence-electron chi connectivity index (χ2n) is 6.98. The quantitative estimate of drug-likeness (QED) is 0.532. The lowest BCUT2D eigenvalue weighted by Crippen LogP contribution is -2.08. The van der Waals surface area contributed by atoms with Gasteiger partial charge in [0.1, 0.15) is 11.6 Å². The monoisotopic (exact) mass is 372 g/mol. The first kappa shape index (κ1) is 17.9. The Morgan fingerprint density at radius 1 is 1.00 bits per heavy atom. The molecular formula is C23H24N4O. The van der Waals surface area contributed by atoms with E-state index in [2.05, 4.69) is 57.1 Å². The van der Waals surface area contributed by atoms with Crippen LogP contribution in [0, 0.1) is 0 Å². The molecule has 0 amide bonds. The zero-order valence-electron chi connectivity index (χ0n) is 16.6. The summed E-state index contributed by atoms with van der Waals surface area (Å²) in [6.45, 7) is 0. The molecule has 1 N–H and O–H groups in total. The summed E-state index contributed by atoms with van der Waals surface area (Å²) in [6.07, 6.45) is 1.84. The maximum absolute atomic E-state index is 5.32. The fourth-order valence-corrected chi connectivity index (χ4v) is 3.41. The molecule has 0 aliphatic rings. The summed E-state index contributed by atoms with van der Waals surface area (Å²) in [5, 5.41) is 4.51. The SMILES string of the molecule is COc1cccc(Nc2nccc3c2cc(-c2ccc(N(C)C)cc2)n3C)c1. The van der Waals surface area contributed by atoms with Gasteiger partial charge in [-0.2, -0.15) is 0 Å². The lowest BCUT2D eigenvalue weighted by molar-refractivity contribution is 0.415. The molecule has 28 heavy (non-hydrogen) atoms. The predicted octanol–water partition coefficient (Wildman–Crippen LogP) is 5.06. The van der Waals surface area contributed by atoms with Crippen molar-refractivity contribution in [3.63, 3.8) is 0 Å². The molecule has 0 spiro atoms. The summed E-state index contributed by atoms with van der Waals surface area (Å²) >= 11 is 0. The summed E-state index contributed by atoms with van der Waals surface area (Å²) in [5.41, 5.74) is 5.59. The van der Waals surface area contributed by atoms with Crippen molar-refractivity contribution in [3.8, 4) is 17.0 Å². The van der Waals surface area contributed by atoms with E-state index in [0.717, 1.165) is 33.9 Å². The largest absolute Gasteiger partial charge is 0.497 e. The number of aryl methyl sites for hydroxylation is 1. The molecule has 4 aromatic rings. The van der Waals surface area contributed by atoms with E-state index in [4.69, 9.17) is 4.74 Å². The van der Waals surface area contributed by atoms with Crippen LogP contribution in [0.2, 0.25) is 0 Å². The Balaban J connectivity index is 1.75. The highest BCUT2D eigenvalue weighted by Crippen LogP contribution is 2.33. The Morgan fingerprint density at radius 2 is 1.79 bits per heavy atom. The van der Waals surface area contributed by atoms with E-state index in [0.29, 0.717) is 0 Å². The summed E-state index contributed by atoms with van der Waals surface area (Å²) < 4.78 is 7.53. The average Bonchev–Trinajstić information content (AvgIpc) is 3.06. The van der Waals surface area contributed by atoms with E-state index in [-0.39, 0.29) is 0 Å². The molecule has 0 radical (unpaired) electrons. The van der Waals surface area contributed by atoms with Gasteiger partial charge in [0.25, 0.3) is 0 Å². The van der Waals surface area contributed by atoms with E-state index >= 15 is 0 Å². The molecule has 0 aliphatic heterocycles. The van der Waals surface area contributed by atoms with Gasteiger partial charge in [0, 0.05) is 55.9 Å². The second kappa shape index (κ2) is 7.27. The number of rotatable bonds is 5. The zero-order valence-corrected chi connectivity index (χ0v) is 16.6. The number of nitrogens with one attached hydrogen (secondary N) is 1. The van der Waals surface area contributed by atoms with E-state index in [9.17, 15) is 0 Å². The van der Waals surface area contributed by atoms with E-state index in [1.807, 2.05) is 50.6 Å². The number of aromatic nitrogens is 2. The van der Waals surface area contributed by atoms with Gasteiger partial charge in [0.2, 0.25) is 0 Å². The Labute approximate surface area is 165 Å². The Hall–Kier alpha value is -3.47. The summed E-state index contributed by atoms with van der Waals surface area (Å²) in [5.74, 6) is 1.64. The number of fused-ring (bicyclic) bond motifs is 1. The third-order valence-corrected chi connectivity index (χ3v) is 4.98. The molecule has 2 aromatic carbocycles. The number of pyridine rings is 1. The van der Waals surface area contributed by atoms with Crippen LogP contribution in [0.25, 0.3) is 22.2 Å². The molecule has 0 aliphatic carbocycles. The molecule has 0 unspecified atom stereocenters. The highest BCUT2D eigenvalue weighted by molar-refractivity contribution is 5.96. The predicted molar refractivity (Wildman–Crippen MR) is 117 cm³/mol. The number of ether oxygens (including phenoxy) is 1. The number of methoxy groups -OCH3 is 1. The molecule has 0 saturated carbocycles. The second-order valence-corrected chi connectivity index (χ2v) is 6.98. The minimum absolute atomic E-state index is 0.812. The molecular weight excluding hydrogens is 348 g/mol. The third kappa shape index (κ3) is 3.27. The van der Waals surface area contributed by atoms with Crippen LogP contribution in [-0.4, -0.2) is 30.8 Å². The van der Waals surface area contributed by atoms with E-state index in [1.54, 1.807) is 7.11 Å². The molecule has 2 aromatic heterocycles. The van der Waals surface area contributed by atoms with E-state index < -0.39 is 0 Å². The molecule has 5 nitrogen and oxygen atoms in total. The first-order valence-corrected chi connectivity index (χ1v) is 9.20. The van der Waals surface area contributed by atoms with Gasteiger partial charge in [0.15, 0.2) is 0 Å². The zero-order chi connectivity index (χ0) is 19.7. The minimum Gasteiger partial charge on any atom is -0.497 e. The van der Waals surface area contributed by atoms with Crippen molar-refractivity contribution < 1.29 is 4.74 Å². The van der Waals surface area contributed by atoms with Crippen LogP contribution in [0.1, 0.15) is 0 Å². The first-order valence-electron chi connectivity index (χ1n) is 9.20. The fourth-order valence-electron chi connectivity index (χ4n) is 3.41. The molecule has 0 fully saturated rings. The normalized spacial score (nSPS) is 10.9. The Bertz CT molecular complexity index is 1110. The van der Waals surface area contributed by atoms with Crippen LogP contribution in [0.15, 0.2) is 66.9 Å². The van der Waals surface area contributed by atoms with Crippen molar-refractivity contribution in [2.75, 3.05) is 31.4 Å². The van der Waals surface area contributed by atoms with Crippen LogP contribution in [0.4, 0.5) is 17.2 Å². The van der Waals surface area contributed by atoms with Crippen molar-refractivity contribution in [1.29, 1.82) is 0 Å². The maximum atomic E-state index is 5.32. The fraction of sp³-hybridized carbons (Fsp3) is 0.174. The molecule has 0 saturated heterocycles. The highest BCUT2D eigenvalue weighted by atomic mass is 16.5. The van der Waals surface area contributed by atoms with Gasteiger partial charge in [0.05, 0.1) is 12.6 Å². The van der Waals surface area contributed by atoms with Crippen molar-refractivity contribution in [2.24, 2.45) is 7.05 Å². The molecule has 4 rings (SSSR count). The van der Waals surface area contributed by atoms with E-state index in [1.165, 1.54) is 11.3 Å². The molecule has 0 bridgehead atoms. The van der Waals surface area contributed by atoms with Gasteiger partial charge in [-0.05, 0) is 42.0 Å². The van der Waals surface area contributed by atoms with Crippen LogP contribution < -0.4 is 15.0 Å². The Kier molecular flexibility index (Phi) is 4.65. The number of hydrogen-bond donors (Lipinski definition) is 1. The van der Waals surface area contributed by atoms with Crippen LogP contribution in [-0.2, 0) is 7.05 Å². The average molecular weight is 372 g/mol. The highest BCUT2D eigenvalue weighted by Gasteiger charge is 2.12. The van der Waals surface area contributed by atoms with Gasteiger partial charge in [-0.15, -0.1) is 0 Å². The lowest BCUT2D eigenvalue weighted by Gasteiger charge is -2.13. The smallest absolute Gasteiger partial charge is 0.139 e. The van der Waals surface area contributed by atoms with Crippen LogP contribution in [0.3, 0.4) is 0 Å². The number of benzene rings is 2. The van der Waals surface area contributed by atoms with Crippen molar-refractivity contribution >= 4 is 28.1 Å². The summed E-state index contributed by atoms with van der Waals surface area (Å²) in [4.78, 5) is 6.67. The lowest BCUT2D eigenvalue weighted by atomic mass is 10.1. The third-order valence-electron chi connectivity index (χ3n) is 4.98. The Morgan fingerprint density at radius 3 is 2.50 bits per heavy atom. The van der Waals surface area contributed by atoms with Gasteiger partial charge < -0.3 is 19.5 Å². The standard InChI is InChI=1S/C23H24N4O/c1-26(2)18-10-8-16(9-11-18)22-15-20-21(27(22)3)12-13-24-23(20)25-17-6-5-7-19(14-17)28-4/h5-15H,1-4H3,(H,24,25). The number of hydrogen-bond acceptors (Lipinski definition) is 4. The summed E-state index contributed by atoms with van der Waals surface area (Å²) in [6, 6.07) is 20.7. The molecule has 0 atom stereocenters. The van der Waals surface area contributed by atoms with Crippen molar-refractivity contribution in [2.45, 2.75) is 0 Å². The van der Waals surface area contributed by atoms with Gasteiger partial charge in [-0.3, -0.25) is 0 Å². The first-order chi connectivity index (χ1) is 13.6. The van der Waals surface area contributed by atoms with Crippen molar-refractivity contribution in [3.05, 3.63) is 66.9 Å². The van der Waals surface area contributed by atoms with Gasteiger partial charge in [-0.25, -0.2) is 4.98 Å². The number of nitrogens with zero attached hydrogens (tertiary/aromatic N) is 3.